The highest BCUT2D eigenvalue weighted by Crippen LogP contribution is 2.27. The Morgan fingerprint density at radius 1 is 1.37 bits per heavy atom. The number of amides is 1. The molecule has 0 fully saturated rings. The van der Waals surface area contributed by atoms with Gasteiger partial charge in [-0.3, -0.25) is 4.79 Å². The summed E-state index contributed by atoms with van der Waals surface area (Å²) >= 11 is 0. The van der Waals surface area contributed by atoms with Crippen LogP contribution in [0.25, 0.3) is 0 Å². The zero-order valence-corrected chi connectivity index (χ0v) is 12.0. The minimum Gasteiger partial charge on any atom is -0.370 e. The van der Waals surface area contributed by atoms with Gasteiger partial charge in [0.25, 0.3) is 0 Å². The van der Waals surface area contributed by atoms with E-state index in [0.29, 0.717) is 12.3 Å². The van der Waals surface area contributed by atoms with E-state index in [1.807, 2.05) is 0 Å². The molecule has 3 heteroatoms. The highest BCUT2D eigenvalue weighted by Gasteiger charge is 2.18. The molecule has 0 radical (unpaired) electrons. The minimum atomic E-state index is 0.171. The summed E-state index contributed by atoms with van der Waals surface area (Å²) < 4.78 is 0. The number of hydrogen-bond acceptors (Lipinski definition) is 2. The summed E-state index contributed by atoms with van der Waals surface area (Å²) in [6.45, 7) is 7.01. The Morgan fingerprint density at radius 2 is 2.16 bits per heavy atom. The van der Waals surface area contributed by atoms with Crippen LogP contribution in [0.4, 0.5) is 5.69 Å². The number of benzene rings is 1. The van der Waals surface area contributed by atoms with E-state index in [1.165, 1.54) is 11.3 Å². The van der Waals surface area contributed by atoms with Crippen molar-refractivity contribution in [3.05, 3.63) is 29.8 Å². The average Bonchev–Trinajstić information content (AvgIpc) is 2.79. The number of fused-ring (bicyclic) bond motifs is 1. The predicted octanol–water partition coefficient (Wildman–Crippen LogP) is 2.60. The molecule has 0 saturated heterocycles. The van der Waals surface area contributed by atoms with E-state index in [4.69, 9.17) is 0 Å². The van der Waals surface area contributed by atoms with Crippen molar-refractivity contribution in [1.29, 1.82) is 0 Å². The Balaban J connectivity index is 1.73. The zero-order valence-electron chi connectivity index (χ0n) is 12.0. The van der Waals surface area contributed by atoms with E-state index in [-0.39, 0.29) is 5.91 Å². The van der Waals surface area contributed by atoms with Crippen molar-refractivity contribution in [2.45, 2.75) is 33.1 Å². The highest BCUT2D eigenvalue weighted by molar-refractivity contribution is 5.76. The van der Waals surface area contributed by atoms with Gasteiger partial charge in [-0.1, -0.05) is 32.0 Å². The van der Waals surface area contributed by atoms with Gasteiger partial charge in [0.15, 0.2) is 0 Å². The van der Waals surface area contributed by atoms with Gasteiger partial charge in [0.2, 0.25) is 5.91 Å². The van der Waals surface area contributed by atoms with Gasteiger partial charge < -0.3 is 10.2 Å². The lowest BCUT2D eigenvalue weighted by atomic mass is 10.1. The third-order valence-electron chi connectivity index (χ3n) is 3.64. The number of carbonyl (C=O) groups is 1. The zero-order chi connectivity index (χ0) is 13.7. The first-order valence-electron chi connectivity index (χ1n) is 7.26. The standard InChI is InChI=1S/C16H24N2O/c1-13(2)7-10-17-16(19)9-12-18-11-8-14-5-3-4-6-15(14)18/h3-6,13H,7-12H2,1-2H3,(H,17,19). The van der Waals surface area contributed by atoms with E-state index in [0.717, 1.165) is 32.5 Å². The monoisotopic (exact) mass is 260 g/mol. The molecule has 1 aliphatic rings. The van der Waals surface area contributed by atoms with Crippen molar-refractivity contribution < 1.29 is 4.79 Å². The molecule has 1 heterocycles. The number of nitrogens with zero attached hydrogens (tertiary/aromatic N) is 1. The van der Waals surface area contributed by atoms with E-state index >= 15 is 0 Å². The first-order valence-corrected chi connectivity index (χ1v) is 7.26. The Bertz CT molecular complexity index is 429. The van der Waals surface area contributed by atoms with Crippen molar-refractivity contribution in [2.75, 3.05) is 24.5 Å². The van der Waals surface area contributed by atoms with Crippen LogP contribution >= 0.6 is 0 Å². The Kier molecular flexibility index (Phi) is 4.83. The number of rotatable bonds is 6. The fourth-order valence-corrected chi connectivity index (χ4v) is 2.46. The molecule has 0 saturated carbocycles. The molecule has 1 N–H and O–H groups in total. The molecule has 19 heavy (non-hydrogen) atoms. The lowest BCUT2D eigenvalue weighted by Gasteiger charge is -2.19. The van der Waals surface area contributed by atoms with Gasteiger partial charge in [0.1, 0.15) is 0 Å². The molecule has 0 unspecified atom stereocenters. The quantitative estimate of drug-likeness (QED) is 0.852. The molecule has 0 spiro atoms. The first kappa shape index (κ1) is 13.9. The molecule has 1 aromatic carbocycles. The van der Waals surface area contributed by atoms with Gasteiger partial charge in [-0.2, -0.15) is 0 Å². The molecule has 3 nitrogen and oxygen atoms in total. The summed E-state index contributed by atoms with van der Waals surface area (Å²) in [7, 11) is 0. The lowest BCUT2D eigenvalue weighted by molar-refractivity contribution is -0.120. The maximum atomic E-state index is 11.8. The SMILES string of the molecule is CC(C)CCNC(=O)CCN1CCc2ccccc21. The smallest absolute Gasteiger partial charge is 0.221 e. The van der Waals surface area contributed by atoms with Crippen LogP contribution in [0.2, 0.25) is 0 Å². The van der Waals surface area contributed by atoms with Crippen molar-refractivity contribution in [3.63, 3.8) is 0 Å². The second-order valence-corrected chi connectivity index (χ2v) is 5.65. The Hall–Kier alpha value is -1.51. The first-order chi connectivity index (χ1) is 9.16. The topological polar surface area (TPSA) is 32.3 Å². The van der Waals surface area contributed by atoms with Gasteiger partial charge >= 0.3 is 0 Å². The molecule has 0 aromatic heterocycles. The van der Waals surface area contributed by atoms with Crippen LogP contribution in [0.5, 0.6) is 0 Å². The second-order valence-electron chi connectivity index (χ2n) is 5.65. The molecule has 1 aromatic rings. The summed E-state index contributed by atoms with van der Waals surface area (Å²) in [5.41, 5.74) is 2.71. The third-order valence-corrected chi connectivity index (χ3v) is 3.64. The molecular formula is C16H24N2O. The maximum absolute atomic E-state index is 11.8. The molecule has 2 rings (SSSR count). The summed E-state index contributed by atoms with van der Waals surface area (Å²) in [6, 6.07) is 8.48. The maximum Gasteiger partial charge on any atom is 0.221 e. The fraction of sp³-hybridized carbons (Fsp3) is 0.562. The van der Waals surface area contributed by atoms with Crippen LogP contribution in [0, 0.1) is 5.92 Å². The number of anilines is 1. The van der Waals surface area contributed by atoms with Crippen LogP contribution in [0.3, 0.4) is 0 Å². The molecule has 0 bridgehead atoms. The van der Waals surface area contributed by atoms with Gasteiger partial charge in [0, 0.05) is 31.7 Å². The molecule has 104 valence electrons. The van der Waals surface area contributed by atoms with Crippen molar-refractivity contribution in [2.24, 2.45) is 5.92 Å². The number of para-hydroxylation sites is 1. The van der Waals surface area contributed by atoms with E-state index in [2.05, 4.69) is 48.3 Å². The average molecular weight is 260 g/mol. The summed E-state index contributed by atoms with van der Waals surface area (Å²) in [5.74, 6) is 0.816. The minimum absolute atomic E-state index is 0.171. The Labute approximate surface area is 116 Å². The van der Waals surface area contributed by atoms with Crippen LogP contribution in [-0.2, 0) is 11.2 Å². The highest BCUT2D eigenvalue weighted by atomic mass is 16.1. The number of hydrogen-bond donors (Lipinski definition) is 1. The van der Waals surface area contributed by atoms with Crippen LogP contribution in [0.1, 0.15) is 32.3 Å². The van der Waals surface area contributed by atoms with E-state index in [1.54, 1.807) is 0 Å². The van der Waals surface area contributed by atoms with Gasteiger partial charge in [0.05, 0.1) is 0 Å². The lowest BCUT2D eigenvalue weighted by Crippen LogP contribution is -2.30. The fourth-order valence-electron chi connectivity index (χ4n) is 2.46. The Morgan fingerprint density at radius 3 is 2.95 bits per heavy atom. The van der Waals surface area contributed by atoms with Crippen LogP contribution in [-0.4, -0.2) is 25.5 Å². The largest absolute Gasteiger partial charge is 0.370 e. The number of nitrogens with one attached hydrogen (secondary N) is 1. The molecular weight excluding hydrogens is 236 g/mol. The number of carbonyl (C=O) groups excluding carboxylic acids is 1. The van der Waals surface area contributed by atoms with E-state index in [9.17, 15) is 4.79 Å². The molecule has 0 atom stereocenters. The second kappa shape index (κ2) is 6.60. The summed E-state index contributed by atoms with van der Waals surface area (Å²) in [4.78, 5) is 14.1. The summed E-state index contributed by atoms with van der Waals surface area (Å²) in [6.07, 6.45) is 2.75. The predicted molar refractivity (Wildman–Crippen MR) is 79.4 cm³/mol. The van der Waals surface area contributed by atoms with Gasteiger partial charge in [-0.05, 0) is 30.4 Å². The van der Waals surface area contributed by atoms with Crippen molar-refractivity contribution in [3.8, 4) is 0 Å². The molecule has 0 aliphatic carbocycles. The molecule has 1 amide bonds. The van der Waals surface area contributed by atoms with Gasteiger partial charge in [-0.15, -0.1) is 0 Å². The van der Waals surface area contributed by atoms with Crippen molar-refractivity contribution >= 4 is 11.6 Å². The summed E-state index contributed by atoms with van der Waals surface area (Å²) in [5, 5.41) is 3.00. The van der Waals surface area contributed by atoms with Crippen LogP contribution < -0.4 is 10.2 Å². The van der Waals surface area contributed by atoms with E-state index < -0.39 is 0 Å². The van der Waals surface area contributed by atoms with Crippen molar-refractivity contribution in [1.82, 2.24) is 5.32 Å². The van der Waals surface area contributed by atoms with Crippen LogP contribution in [0.15, 0.2) is 24.3 Å². The van der Waals surface area contributed by atoms with Gasteiger partial charge in [-0.25, -0.2) is 0 Å². The normalized spacial score (nSPS) is 13.7. The molecule has 1 aliphatic heterocycles. The third kappa shape index (κ3) is 3.98.